The van der Waals surface area contributed by atoms with Crippen LogP contribution in [0.1, 0.15) is 16.7 Å². The number of nitrogen functional groups attached to an aromatic ring is 1. The quantitative estimate of drug-likeness (QED) is 0.726. The normalized spacial score (nSPS) is 10.9. The van der Waals surface area contributed by atoms with Crippen LogP contribution in [0.2, 0.25) is 0 Å². The number of aromatic nitrogens is 2. The number of pyridine rings is 2. The summed E-state index contributed by atoms with van der Waals surface area (Å²) in [7, 11) is 0. The van der Waals surface area contributed by atoms with Crippen molar-refractivity contribution in [1.29, 1.82) is 0 Å². The molecule has 3 heteroatoms. The van der Waals surface area contributed by atoms with Gasteiger partial charge in [-0.2, -0.15) is 0 Å². The summed E-state index contributed by atoms with van der Waals surface area (Å²) in [5, 5.41) is 1.01. The van der Waals surface area contributed by atoms with Crippen LogP contribution in [0.25, 0.3) is 22.2 Å². The zero-order valence-electron chi connectivity index (χ0n) is 11.9. The van der Waals surface area contributed by atoms with Crippen LogP contribution in [-0.2, 0) is 0 Å². The van der Waals surface area contributed by atoms with Crippen molar-refractivity contribution < 1.29 is 0 Å². The summed E-state index contributed by atoms with van der Waals surface area (Å²) in [5.41, 5.74) is 12.7. The van der Waals surface area contributed by atoms with Gasteiger partial charge in [0, 0.05) is 17.1 Å². The van der Waals surface area contributed by atoms with Crippen LogP contribution < -0.4 is 5.73 Å². The molecule has 2 aromatic heterocycles. The molecular formula is C17H17N3. The van der Waals surface area contributed by atoms with Crippen LogP contribution in [0.4, 0.5) is 5.82 Å². The van der Waals surface area contributed by atoms with E-state index in [0.717, 1.165) is 10.9 Å². The second-order valence-corrected chi connectivity index (χ2v) is 5.25. The molecule has 0 radical (unpaired) electrons. The number of hydrogen-bond acceptors (Lipinski definition) is 3. The second kappa shape index (κ2) is 4.60. The molecule has 2 N–H and O–H groups in total. The number of nitrogens with two attached hydrogens (primary N) is 1. The molecule has 0 aliphatic rings. The Morgan fingerprint density at radius 2 is 1.70 bits per heavy atom. The van der Waals surface area contributed by atoms with Crippen molar-refractivity contribution >= 4 is 16.9 Å². The van der Waals surface area contributed by atoms with Gasteiger partial charge in [-0.25, -0.2) is 9.97 Å². The summed E-state index contributed by atoms with van der Waals surface area (Å²) in [6.45, 7) is 6.33. The Balaban J connectivity index is 2.32. The molecule has 0 atom stereocenters. The number of benzene rings is 1. The van der Waals surface area contributed by atoms with E-state index in [-0.39, 0.29) is 0 Å². The Labute approximate surface area is 118 Å². The molecule has 0 bridgehead atoms. The van der Waals surface area contributed by atoms with E-state index < -0.39 is 0 Å². The first kappa shape index (κ1) is 12.6. The molecule has 100 valence electrons. The zero-order chi connectivity index (χ0) is 14.3. The first-order chi connectivity index (χ1) is 9.56. The Hall–Kier alpha value is -2.42. The van der Waals surface area contributed by atoms with Gasteiger partial charge in [-0.3, -0.25) is 0 Å². The highest BCUT2D eigenvalue weighted by Crippen LogP contribution is 2.33. The molecule has 0 saturated carbocycles. The van der Waals surface area contributed by atoms with E-state index >= 15 is 0 Å². The van der Waals surface area contributed by atoms with Crippen LogP contribution >= 0.6 is 0 Å². The number of anilines is 1. The highest BCUT2D eigenvalue weighted by molar-refractivity contribution is 5.88. The topological polar surface area (TPSA) is 51.8 Å². The molecule has 0 spiro atoms. The summed E-state index contributed by atoms with van der Waals surface area (Å²) in [4.78, 5) is 8.67. The first-order valence-corrected chi connectivity index (χ1v) is 6.66. The lowest BCUT2D eigenvalue weighted by atomic mass is 9.93. The number of nitrogens with zero attached hydrogens (tertiary/aromatic N) is 2. The fourth-order valence-electron chi connectivity index (χ4n) is 2.82. The predicted octanol–water partition coefficient (Wildman–Crippen LogP) is 3.80. The van der Waals surface area contributed by atoms with Crippen molar-refractivity contribution in [3.8, 4) is 11.1 Å². The molecule has 20 heavy (non-hydrogen) atoms. The lowest BCUT2D eigenvalue weighted by Gasteiger charge is -2.14. The fourth-order valence-corrected chi connectivity index (χ4v) is 2.82. The van der Waals surface area contributed by atoms with E-state index in [2.05, 4.69) is 48.9 Å². The highest BCUT2D eigenvalue weighted by Gasteiger charge is 2.12. The Morgan fingerprint density at radius 3 is 2.40 bits per heavy atom. The van der Waals surface area contributed by atoms with Crippen LogP contribution in [0.3, 0.4) is 0 Å². The maximum atomic E-state index is 6.14. The van der Waals surface area contributed by atoms with Crippen LogP contribution in [0.15, 0.2) is 36.5 Å². The number of fused-ring (bicyclic) bond motifs is 1. The zero-order valence-corrected chi connectivity index (χ0v) is 11.9. The first-order valence-electron chi connectivity index (χ1n) is 6.66. The summed E-state index contributed by atoms with van der Waals surface area (Å²) >= 11 is 0. The van der Waals surface area contributed by atoms with Crippen LogP contribution in [-0.4, -0.2) is 9.97 Å². The maximum Gasteiger partial charge on any atom is 0.161 e. The third-order valence-corrected chi connectivity index (χ3v) is 3.57. The molecule has 0 saturated heterocycles. The smallest absolute Gasteiger partial charge is 0.161 e. The van der Waals surface area contributed by atoms with Crippen molar-refractivity contribution in [2.24, 2.45) is 0 Å². The second-order valence-electron chi connectivity index (χ2n) is 5.25. The third-order valence-electron chi connectivity index (χ3n) is 3.57. The predicted molar refractivity (Wildman–Crippen MR) is 83.6 cm³/mol. The number of rotatable bonds is 1. The molecular weight excluding hydrogens is 246 g/mol. The standard InChI is InChI=1S/C17H17N3/c1-10-7-11(2)15(12(3)8-10)14-9-13-5-4-6-19-17(13)20-16(14)18/h4-9H,1-3H3,(H2,18,19,20). The van der Waals surface area contributed by atoms with Gasteiger partial charge in [0.05, 0.1) is 0 Å². The van der Waals surface area contributed by atoms with Gasteiger partial charge >= 0.3 is 0 Å². The van der Waals surface area contributed by atoms with Crippen LogP contribution in [0.5, 0.6) is 0 Å². The molecule has 3 aromatic rings. The average molecular weight is 263 g/mol. The van der Waals surface area contributed by atoms with E-state index in [1.807, 2.05) is 12.1 Å². The summed E-state index contributed by atoms with van der Waals surface area (Å²) < 4.78 is 0. The molecule has 0 amide bonds. The molecule has 2 heterocycles. The third kappa shape index (κ3) is 2.01. The summed E-state index contributed by atoms with van der Waals surface area (Å²) in [6, 6.07) is 10.4. The van der Waals surface area contributed by atoms with E-state index in [4.69, 9.17) is 5.73 Å². The van der Waals surface area contributed by atoms with E-state index in [9.17, 15) is 0 Å². The van der Waals surface area contributed by atoms with Crippen molar-refractivity contribution in [1.82, 2.24) is 9.97 Å². The Kier molecular flexibility index (Phi) is 2.90. The fraction of sp³-hybridized carbons (Fsp3) is 0.176. The van der Waals surface area contributed by atoms with E-state index in [1.165, 1.54) is 22.3 Å². The van der Waals surface area contributed by atoms with Gasteiger partial charge in [0.25, 0.3) is 0 Å². The molecule has 0 aliphatic heterocycles. The maximum absolute atomic E-state index is 6.14. The summed E-state index contributed by atoms with van der Waals surface area (Å²) in [5.74, 6) is 0.534. The van der Waals surface area contributed by atoms with Crippen molar-refractivity contribution in [2.75, 3.05) is 5.73 Å². The largest absolute Gasteiger partial charge is 0.383 e. The lowest BCUT2D eigenvalue weighted by Crippen LogP contribution is -1.99. The van der Waals surface area contributed by atoms with Gasteiger partial charge in [-0.05, 0) is 55.7 Å². The van der Waals surface area contributed by atoms with E-state index in [1.54, 1.807) is 6.20 Å². The number of hydrogen-bond donors (Lipinski definition) is 1. The van der Waals surface area contributed by atoms with Crippen molar-refractivity contribution in [3.05, 3.63) is 53.2 Å². The van der Waals surface area contributed by atoms with Gasteiger partial charge in [0.2, 0.25) is 0 Å². The molecule has 1 aromatic carbocycles. The van der Waals surface area contributed by atoms with Crippen molar-refractivity contribution in [2.45, 2.75) is 20.8 Å². The van der Waals surface area contributed by atoms with Gasteiger partial charge in [0.15, 0.2) is 5.65 Å². The molecule has 0 fully saturated rings. The SMILES string of the molecule is Cc1cc(C)c(-c2cc3cccnc3nc2N)c(C)c1. The minimum Gasteiger partial charge on any atom is -0.383 e. The van der Waals surface area contributed by atoms with Gasteiger partial charge in [-0.1, -0.05) is 17.7 Å². The molecule has 0 unspecified atom stereocenters. The Bertz CT molecular complexity index is 783. The molecule has 0 aliphatic carbocycles. The highest BCUT2D eigenvalue weighted by atomic mass is 14.9. The molecule has 3 nitrogen and oxygen atoms in total. The lowest BCUT2D eigenvalue weighted by molar-refractivity contribution is 1.28. The monoisotopic (exact) mass is 263 g/mol. The average Bonchev–Trinajstić information content (AvgIpc) is 2.38. The van der Waals surface area contributed by atoms with Crippen LogP contribution in [0, 0.1) is 20.8 Å². The van der Waals surface area contributed by atoms with Gasteiger partial charge in [0.1, 0.15) is 5.82 Å². The number of aryl methyl sites for hydroxylation is 3. The molecule has 3 rings (SSSR count). The van der Waals surface area contributed by atoms with Gasteiger partial charge < -0.3 is 5.73 Å². The van der Waals surface area contributed by atoms with Gasteiger partial charge in [-0.15, -0.1) is 0 Å². The Morgan fingerprint density at radius 1 is 1.00 bits per heavy atom. The van der Waals surface area contributed by atoms with Crippen molar-refractivity contribution in [3.63, 3.8) is 0 Å². The van der Waals surface area contributed by atoms with E-state index in [0.29, 0.717) is 11.5 Å². The minimum atomic E-state index is 0.534. The summed E-state index contributed by atoms with van der Waals surface area (Å²) in [6.07, 6.45) is 1.73. The minimum absolute atomic E-state index is 0.534.